The second-order valence-electron chi connectivity index (χ2n) is 7.22. The molecule has 1 saturated heterocycles. The molecule has 3 heterocycles. The van der Waals surface area contributed by atoms with E-state index in [1.54, 1.807) is 19.3 Å². The number of ether oxygens (including phenoxy) is 4. The van der Waals surface area contributed by atoms with Crippen LogP contribution in [0.3, 0.4) is 0 Å². The number of aromatic nitrogens is 2. The number of carbonyl (C=O) groups is 3. The molecule has 0 aromatic carbocycles. The molecule has 31 heavy (non-hydrogen) atoms. The maximum absolute atomic E-state index is 12.4. The second kappa shape index (κ2) is 9.24. The molecule has 0 unspecified atom stereocenters. The lowest BCUT2D eigenvalue weighted by Gasteiger charge is -2.25. The fourth-order valence-electron chi connectivity index (χ4n) is 3.02. The fourth-order valence-corrected chi connectivity index (χ4v) is 3.02. The summed E-state index contributed by atoms with van der Waals surface area (Å²) in [6.45, 7) is 3.12. The van der Waals surface area contributed by atoms with E-state index in [1.807, 2.05) is 0 Å². The van der Waals surface area contributed by atoms with E-state index in [4.69, 9.17) is 29.9 Å². The number of esters is 3. The first kappa shape index (κ1) is 22.4. The molecule has 0 aliphatic carbocycles. The minimum absolute atomic E-state index is 0.118. The first-order valence-corrected chi connectivity index (χ1v) is 9.37. The summed E-state index contributed by atoms with van der Waals surface area (Å²) in [5, 5.41) is 8.90. The highest BCUT2D eigenvalue weighted by Crippen LogP contribution is 2.34. The third kappa shape index (κ3) is 4.90. The number of carbonyl (C=O) groups excluding carboxylic acids is 3. The Morgan fingerprint density at radius 1 is 1.26 bits per heavy atom. The summed E-state index contributed by atoms with van der Waals surface area (Å²) in [4.78, 5) is 52.0. The van der Waals surface area contributed by atoms with Gasteiger partial charge in [-0.15, -0.1) is 0 Å². The number of nitrogens with zero attached hydrogens (tertiary/aromatic N) is 2. The van der Waals surface area contributed by atoms with Gasteiger partial charge in [0.05, 0.1) is 0 Å². The summed E-state index contributed by atoms with van der Waals surface area (Å²) in [6, 6.07) is 0.393. The predicted octanol–water partition coefficient (Wildman–Crippen LogP) is -1.14. The second-order valence-corrected chi connectivity index (χ2v) is 7.22. The minimum atomic E-state index is -1.25. The summed E-state index contributed by atoms with van der Waals surface area (Å²) in [5.74, 6) is -2.67. The van der Waals surface area contributed by atoms with Crippen LogP contribution in [0, 0.1) is 5.92 Å². The van der Waals surface area contributed by atoms with E-state index in [-0.39, 0.29) is 18.3 Å². The van der Waals surface area contributed by atoms with Crippen molar-refractivity contribution in [1.82, 2.24) is 9.55 Å². The maximum atomic E-state index is 12.4. The van der Waals surface area contributed by atoms with Gasteiger partial charge >= 0.3 is 23.6 Å². The molecule has 4 N–H and O–H groups in total. The van der Waals surface area contributed by atoms with E-state index in [9.17, 15) is 19.2 Å². The molecule has 1 fully saturated rings. The number of fused-ring (bicyclic) bond motifs is 1. The van der Waals surface area contributed by atoms with Crippen LogP contribution in [0.25, 0.3) is 0 Å². The van der Waals surface area contributed by atoms with Gasteiger partial charge in [0.25, 0.3) is 0 Å². The first-order chi connectivity index (χ1) is 14.7. The smallest absolute Gasteiger partial charge is 0.351 e. The van der Waals surface area contributed by atoms with Crippen LogP contribution < -0.4 is 16.9 Å². The Morgan fingerprint density at radius 3 is 2.48 bits per heavy atom. The van der Waals surface area contributed by atoms with Gasteiger partial charge in [0, 0.05) is 18.3 Å². The van der Waals surface area contributed by atoms with Crippen LogP contribution >= 0.6 is 0 Å². The molecule has 2 aliphatic rings. The molecule has 0 amide bonds. The molecule has 1 aromatic heterocycles. The zero-order valence-electron chi connectivity index (χ0n) is 16.7. The van der Waals surface area contributed by atoms with Crippen LogP contribution in [-0.4, -0.2) is 63.6 Å². The number of nitrogens with one attached hydrogen (secondary N) is 1. The van der Waals surface area contributed by atoms with Crippen molar-refractivity contribution in [2.24, 2.45) is 11.7 Å². The van der Waals surface area contributed by atoms with Gasteiger partial charge in [-0.2, -0.15) is 4.98 Å². The molecule has 1 aromatic rings. The highest BCUT2D eigenvalue weighted by atomic mass is 16.7. The molecule has 0 radical (unpaired) electrons. The topological polar surface area (TPSA) is 181 Å². The number of rotatable bonds is 6. The van der Waals surface area contributed by atoms with E-state index in [2.05, 4.69) is 4.98 Å². The lowest BCUT2D eigenvalue weighted by molar-refractivity contribution is -0.165. The van der Waals surface area contributed by atoms with Crippen LogP contribution in [-0.2, 0) is 33.3 Å². The number of anilines is 1. The van der Waals surface area contributed by atoms with Crippen molar-refractivity contribution in [3.63, 3.8) is 0 Å². The summed E-state index contributed by atoms with van der Waals surface area (Å²) in [6.07, 6.45) is -1.73. The van der Waals surface area contributed by atoms with E-state index < -0.39 is 54.2 Å². The Morgan fingerprint density at radius 2 is 1.90 bits per heavy atom. The highest BCUT2D eigenvalue weighted by Gasteiger charge is 2.51. The SMILES string of the molecule is CC(C)[C@@H](N)C(=O)OC[C@H]1O[C@@H](n2ccc(NO)nc2=O)[C@@H]2OC(=O)/C=C\C(=O)O[C@@H]21. The van der Waals surface area contributed by atoms with Crippen LogP contribution in [0.5, 0.6) is 0 Å². The van der Waals surface area contributed by atoms with Gasteiger partial charge in [-0.05, 0) is 12.0 Å². The molecule has 2 aliphatic heterocycles. The van der Waals surface area contributed by atoms with Gasteiger partial charge in [-0.3, -0.25) is 20.0 Å². The monoisotopic (exact) mass is 438 g/mol. The summed E-state index contributed by atoms with van der Waals surface area (Å²) in [7, 11) is 0. The Hall–Kier alpha value is -3.29. The molecule has 3 rings (SSSR count). The zero-order valence-corrected chi connectivity index (χ0v) is 16.7. The zero-order chi connectivity index (χ0) is 22.7. The molecule has 13 nitrogen and oxygen atoms in total. The molecule has 168 valence electrons. The molecule has 0 bridgehead atoms. The van der Waals surface area contributed by atoms with E-state index in [1.165, 1.54) is 12.3 Å². The van der Waals surface area contributed by atoms with Crippen molar-refractivity contribution in [3.8, 4) is 0 Å². The third-order valence-electron chi connectivity index (χ3n) is 4.74. The summed E-state index contributed by atoms with van der Waals surface area (Å²) >= 11 is 0. The molecule has 0 saturated carbocycles. The Bertz CT molecular complexity index is 944. The third-order valence-corrected chi connectivity index (χ3v) is 4.74. The normalized spacial score (nSPS) is 27.4. The van der Waals surface area contributed by atoms with E-state index >= 15 is 0 Å². The molecular weight excluding hydrogens is 416 g/mol. The standard InChI is InChI=1S/C18H22N4O9/c1-8(2)13(19)17(25)28-7-9-14-15(31-12(24)4-3-11(23)30-14)16(29-9)22-6-5-10(21-27)20-18(22)26/h3-6,8-9,13-16,27H,7,19H2,1-2H3,(H,20,21,26)/b4-3-/t9-,13-,14-,15-,16-/m1/s1. The molecule has 0 spiro atoms. The Balaban J connectivity index is 1.89. The van der Waals surface area contributed by atoms with Crippen LogP contribution in [0.2, 0.25) is 0 Å². The van der Waals surface area contributed by atoms with Crippen molar-refractivity contribution in [1.29, 1.82) is 0 Å². The van der Waals surface area contributed by atoms with Gasteiger partial charge in [0.1, 0.15) is 18.8 Å². The fraction of sp³-hybridized carbons (Fsp3) is 0.500. The van der Waals surface area contributed by atoms with Crippen LogP contribution in [0.1, 0.15) is 20.1 Å². The average Bonchev–Trinajstić information content (AvgIpc) is 3.04. The van der Waals surface area contributed by atoms with Crippen LogP contribution in [0.4, 0.5) is 5.82 Å². The number of hydrogen-bond donors (Lipinski definition) is 3. The maximum Gasteiger partial charge on any atom is 0.351 e. The van der Waals surface area contributed by atoms with Gasteiger partial charge in [-0.25, -0.2) is 14.4 Å². The van der Waals surface area contributed by atoms with Gasteiger partial charge in [-0.1, -0.05) is 13.8 Å². The lowest BCUT2D eigenvalue weighted by Crippen LogP contribution is -2.44. The van der Waals surface area contributed by atoms with Crippen molar-refractivity contribution < 1.29 is 38.5 Å². The summed E-state index contributed by atoms with van der Waals surface area (Å²) in [5.41, 5.74) is 6.66. The van der Waals surface area contributed by atoms with Crippen molar-refractivity contribution in [2.75, 3.05) is 12.1 Å². The highest BCUT2D eigenvalue weighted by molar-refractivity contribution is 5.92. The van der Waals surface area contributed by atoms with E-state index in [0.717, 1.165) is 16.7 Å². The molecular formula is C18H22N4O9. The van der Waals surface area contributed by atoms with Crippen molar-refractivity contribution in [2.45, 2.75) is 44.4 Å². The van der Waals surface area contributed by atoms with Crippen molar-refractivity contribution in [3.05, 3.63) is 34.9 Å². The minimum Gasteiger partial charge on any atom is -0.462 e. The van der Waals surface area contributed by atoms with Gasteiger partial charge < -0.3 is 24.7 Å². The number of nitrogens with two attached hydrogens (primary N) is 1. The number of hydrogen-bond acceptors (Lipinski definition) is 12. The molecule has 5 atom stereocenters. The molecule has 13 heteroatoms. The van der Waals surface area contributed by atoms with Crippen LogP contribution in [0.15, 0.2) is 29.2 Å². The largest absolute Gasteiger partial charge is 0.462 e. The predicted molar refractivity (Wildman–Crippen MR) is 100 cm³/mol. The van der Waals surface area contributed by atoms with E-state index in [0.29, 0.717) is 0 Å². The summed E-state index contributed by atoms with van der Waals surface area (Å²) < 4.78 is 22.6. The average molecular weight is 438 g/mol. The quantitative estimate of drug-likeness (QED) is 0.276. The Kier molecular flexibility index (Phi) is 6.68. The Labute approximate surface area is 175 Å². The van der Waals surface area contributed by atoms with Gasteiger partial charge in [0.2, 0.25) is 0 Å². The van der Waals surface area contributed by atoms with Gasteiger partial charge in [0.15, 0.2) is 24.3 Å². The lowest BCUT2D eigenvalue weighted by atomic mass is 10.1. The van der Waals surface area contributed by atoms with Crippen molar-refractivity contribution >= 4 is 23.7 Å². The first-order valence-electron chi connectivity index (χ1n) is 9.37.